The fourth-order valence-corrected chi connectivity index (χ4v) is 4.78. The van der Waals surface area contributed by atoms with Crippen LogP contribution in [0, 0.1) is 0 Å². The molecule has 4 rings (SSSR count). The third-order valence-corrected chi connectivity index (χ3v) is 6.20. The molecule has 7 nitrogen and oxygen atoms in total. The van der Waals surface area contributed by atoms with E-state index < -0.39 is 5.91 Å². The van der Waals surface area contributed by atoms with Crippen LogP contribution in [0.5, 0.6) is 0 Å². The van der Waals surface area contributed by atoms with Gasteiger partial charge in [-0.15, -0.1) is 0 Å². The van der Waals surface area contributed by atoms with Gasteiger partial charge in [-0.25, -0.2) is 9.97 Å². The summed E-state index contributed by atoms with van der Waals surface area (Å²) in [4.78, 5) is 28.0. The smallest absolute Gasteiger partial charge is 0.236 e. The van der Waals surface area contributed by atoms with Gasteiger partial charge in [-0.2, -0.15) is 0 Å². The minimum absolute atomic E-state index is 0.0738. The zero-order valence-electron chi connectivity index (χ0n) is 17.2. The van der Waals surface area contributed by atoms with E-state index in [2.05, 4.69) is 22.1 Å². The number of hydrogen-bond acceptors (Lipinski definition) is 6. The Bertz CT molecular complexity index is 871. The van der Waals surface area contributed by atoms with Gasteiger partial charge in [0, 0.05) is 35.5 Å². The third-order valence-electron chi connectivity index (χ3n) is 6.20. The van der Waals surface area contributed by atoms with E-state index in [0.29, 0.717) is 5.82 Å². The molecule has 2 aromatic heterocycles. The van der Waals surface area contributed by atoms with E-state index in [1.807, 2.05) is 12.1 Å². The van der Waals surface area contributed by atoms with Crippen molar-refractivity contribution in [3.8, 4) is 11.4 Å². The monoisotopic (exact) mass is 394 g/mol. The van der Waals surface area contributed by atoms with Crippen molar-refractivity contribution in [2.24, 2.45) is 5.73 Å². The first-order valence-electron chi connectivity index (χ1n) is 10.7. The highest BCUT2D eigenvalue weighted by molar-refractivity contribution is 5.79. The number of nitrogens with one attached hydrogen (secondary N) is 1. The van der Waals surface area contributed by atoms with Crippen molar-refractivity contribution in [3.63, 3.8) is 0 Å². The first-order valence-corrected chi connectivity index (χ1v) is 10.7. The number of fused-ring (bicyclic) bond motifs is 2. The summed E-state index contributed by atoms with van der Waals surface area (Å²) in [6, 6.07) is 3.87. The minimum atomic E-state index is -0.392. The second-order valence-electron chi connectivity index (χ2n) is 8.30. The molecular weight excluding hydrogens is 364 g/mol. The Hall–Kier alpha value is -2.54. The van der Waals surface area contributed by atoms with Gasteiger partial charge >= 0.3 is 0 Å². The van der Waals surface area contributed by atoms with Gasteiger partial charge in [-0.3, -0.25) is 9.78 Å². The Morgan fingerprint density at radius 1 is 1.34 bits per heavy atom. The highest BCUT2D eigenvalue weighted by atomic mass is 16.1. The van der Waals surface area contributed by atoms with Crippen molar-refractivity contribution in [3.05, 3.63) is 35.8 Å². The molecule has 0 aromatic carbocycles. The SMILES string of the molecule is CCCCN1CCCC2(CCc3c(NCC(N)=O)nc(-c4cccnc4)nc32)C1. The third kappa shape index (κ3) is 4.10. The van der Waals surface area contributed by atoms with Crippen LogP contribution in [0.4, 0.5) is 5.82 Å². The molecule has 2 aliphatic rings. The van der Waals surface area contributed by atoms with Crippen LogP contribution in [0.3, 0.4) is 0 Å². The number of likely N-dealkylation sites (tertiary alicyclic amines) is 1. The maximum atomic E-state index is 11.4. The summed E-state index contributed by atoms with van der Waals surface area (Å²) in [7, 11) is 0. The average molecular weight is 395 g/mol. The van der Waals surface area contributed by atoms with Gasteiger partial charge in [0.2, 0.25) is 5.91 Å². The van der Waals surface area contributed by atoms with E-state index >= 15 is 0 Å². The van der Waals surface area contributed by atoms with Gasteiger partial charge in [-0.1, -0.05) is 13.3 Å². The van der Waals surface area contributed by atoms with E-state index in [4.69, 9.17) is 15.7 Å². The summed E-state index contributed by atoms with van der Waals surface area (Å²) in [5.41, 5.74) is 8.64. The van der Waals surface area contributed by atoms with Gasteiger partial charge in [0.05, 0.1) is 12.2 Å². The Labute approximate surface area is 172 Å². The van der Waals surface area contributed by atoms with E-state index in [1.54, 1.807) is 12.4 Å². The van der Waals surface area contributed by atoms with Crippen LogP contribution in [0.15, 0.2) is 24.5 Å². The first kappa shape index (κ1) is 19.8. The molecule has 29 heavy (non-hydrogen) atoms. The number of anilines is 1. The van der Waals surface area contributed by atoms with Crippen LogP contribution in [0.25, 0.3) is 11.4 Å². The first-order chi connectivity index (χ1) is 14.1. The zero-order chi connectivity index (χ0) is 20.3. The second kappa shape index (κ2) is 8.45. The summed E-state index contributed by atoms with van der Waals surface area (Å²) in [6.07, 6.45) is 10.4. The number of nitrogens with two attached hydrogens (primary N) is 1. The lowest BCUT2D eigenvalue weighted by Gasteiger charge is -2.40. The normalized spacial score (nSPS) is 21.3. The molecule has 1 aliphatic heterocycles. The number of unbranched alkanes of at least 4 members (excludes halogenated alkanes) is 1. The molecule has 1 saturated heterocycles. The lowest BCUT2D eigenvalue weighted by atomic mass is 9.77. The number of amides is 1. The quantitative estimate of drug-likeness (QED) is 0.749. The summed E-state index contributed by atoms with van der Waals surface area (Å²) in [5.74, 6) is 1.02. The average Bonchev–Trinajstić information content (AvgIpc) is 3.09. The minimum Gasteiger partial charge on any atom is -0.368 e. The summed E-state index contributed by atoms with van der Waals surface area (Å²) in [6.45, 7) is 5.70. The predicted molar refractivity (Wildman–Crippen MR) is 114 cm³/mol. The Morgan fingerprint density at radius 2 is 2.24 bits per heavy atom. The molecule has 0 saturated carbocycles. The molecule has 0 bridgehead atoms. The molecule has 0 radical (unpaired) electrons. The second-order valence-corrected chi connectivity index (χ2v) is 8.30. The highest BCUT2D eigenvalue weighted by Crippen LogP contribution is 2.46. The fraction of sp³-hybridized carbons (Fsp3) is 0.545. The lowest BCUT2D eigenvalue weighted by Crippen LogP contribution is -2.45. The number of hydrogen-bond donors (Lipinski definition) is 2. The number of piperidine rings is 1. The van der Waals surface area contributed by atoms with Crippen molar-refractivity contribution in [2.75, 3.05) is 31.5 Å². The van der Waals surface area contributed by atoms with Crippen LogP contribution in [0.2, 0.25) is 0 Å². The van der Waals surface area contributed by atoms with Gasteiger partial charge in [-0.05, 0) is 57.3 Å². The van der Waals surface area contributed by atoms with E-state index in [1.165, 1.54) is 25.8 Å². The number of primary amides is 1. The van der Waals surface area contributed by atoms with Crippen molar-refractivity contribution >= 4 is 11.7 Å². The number of rotatable bonds is 7. The largest absolute Gasteiger partial charge is 0.368 e. The number of carbonyl (C=O) groups is 1. The molecule has 3 heterocycles. The molecule has 1 spiro atoms. The molecule has 1 unspecified atom stereocenters. The molecule has 3 N–H and O–H groups in total. The summed E-state index contributed by atoms with van der Waals surface area (Å²) in [5, 5.41) is 3.16. The van der Waals surface area contributed by atoms with Gasteiger partial charge in [0.1, 0.15) is 5.82 Å². The van der Waals surface area contributed by atoms with Crippen LogP contribution in [-0.4, -0.2) is 51.9 Å². The predicted octanol–water partition coefficient (Wildman–Crippen LogP) is 2.52. The molecule has 1 atom stereocenters. The van der Waals surface area contributed by atoms with Crippen molar-refractivity contribution in [1.82, 2.24) is 19.9 Å². The Balaban J connectivity index is 1.73. The zero-order valence-corrected chi connectivity index (χ0v) is 17.2. The van der Waals surface area contributed by atoms with Gasteiger partial charge in [0.25, 0.3) is 0 Å². The van der Waals surface area contributed by atoms with Crippen LogP contribution < -0.4 is 11.1 Å². The summed E-state index contributed by atoms with van der Waals surface area (Å²) < 4.78 is 0. The number of carbonyl (C=O) groups excluding carboxylic acids is 1. The molecule has 2 aromatic rings. The molecule has 1 amide bonds. The fourth-order valence-electron chi connectivity index (χ4n) is 4.78. The van der Waals surface area contributed by atoms with Gasteiger partial charge in [0.15, 0.2) is 5.82 Å². The number of nitrogens with zero attached hydrogens (tertiary/aromatic N) is 4. The molecule has 1 aliphatic carbocycles. The lowest BCUT2D eigenvalue weighted by molar-refractivity contribution is -0.116. The van der Waals surface area contributed by atoms with Crippen molar-refractivity contribution in [1.29, 1.82) is 0 Å². The van der Waals surface area contributed by atoms with Crippen LogP contribution in [0.1, 0.15) is 50.3 Å². The number of aromatic nitrogens is 3. The van der Waals surface area contributed by atoms with E-state index in [9.17, 15) is 4.79 Å². The maximum Gasteiger partial charge on any atom is 0.236 e. The van der Waals surface area contributed by atoms with Crippen LogP contribution in [-0.2, 0) is 16.6 Å². The Kier molecular flexibility index (Phi) is 5.76. The van der Waals surface area contributed by atoms with Crippen molar-refractivity contribution < 1.29 is 4.79 Å². The van der Waals surface area contributed by atoms with Gasteiger partial charge < -0.3 is 16.0 Å². The standard InChI is InChI=1S/C22H30N6O/c1-2-3-11-28-12-5-8-22(15-28)9-7-17-19(22)26-20(16-6-4-10-24-13-16)27-21(17)25-14-18(23)29/h4,6,10,13H,2-3,5,7-9,11-12,14-15H2,1H3,(H2,23,29)(H,25,26,27). The molecule has 154 valence electrons. The highest BCUT2D eigenvalue weighted by Gasteiger charge is 2.44. The summed E-state index contributed by atoms with van der Waals surface area (Å²) >= 11 is 0. The van der Waals surface area contributed by atoms with E-state index in [-0.39, 0.29) is 12.0 Å². The maximum absolute atomic E-state index is 11.4. The molecular formula is C22H30N6O. The molecule has 1 fully saturated rings. The Morgan fingerprint density at radius 3 is 3.00 bits per heavy atom. The number of pyridine rings is 1. The van der Waals surface area contributed by atoms with Crippen LogP contribution >= 0.6 is 0 Å². The molecule has 7 heteroatoms. The van der Waals surface area contributed by atoms with E-state index in [0.717, 1.165) is 55.0 Å². The topological polar surface area (TPSA) is 97.0 Å². The van der Waals surface area contributed by atoms with Crippen molar-refractivity contribution in [2.45, 2.75) is 50.9 Å².